The number of nitrogens with one attached hydrogen (secondary N) is 2. The molecule has 7 nitrogen and oxygen atoms in total. The number of benzene rings is 1. The summed E-state index contributed by atoms with van der Waals surface area (Å²) in [4.78, 5) is 8.98. The van der Waals surface area contributed by atoms with Crippen molar-refractivity contribution < 1.29 is 13.2 Å². The van der Waals surface area contributed by atoms with E-state index >= 15 is 0 Å². The van der Waals surface area contributed by atoms with Crippen LogP contribution in [0.25, 0.3) is 0 Å². The fourth-order valence-corrected chi connectivity index (χ4v) is 3.99. The van der Waals surface area contributed by atoms with Crippen LogP contribution >= 0.6 is 0 Å². The third kappa shape index (κ3) is 4.31. The van der Waals surface area contributed by atoms with Crippen molar-refractivity contribution in [3.8, 4) is 5.75 Å². The quantitative estimate of drug-likeness (QED) is 0.796. The Bertz CT molecular complexity index is 864. The van der Waals surface area contributed by atoms with Crippen LogP contribution in [-0.2, 0) is 16.4 Å². The first-order valence-corrected chi connectivity index (χ1v) is 10.5. The summed E-state index contributed by atoms with van der Waals surface area (Å²) in [6.45, 7) is 2.17. The highest BCUT2D eigenvalue weighted by molar-refractivity contribution is 7.90. The molecule has 3 rings (SSSR count). The first-order valence-electron chi connectivity index (χ1n) is 8.62. The number of hydrogen-bond acceptors (Lipinski definition) is 7. The molecule has 1 aliphatic heterocycles. The number of nitrogens with zero attached hydrogens (tertiary/aromatic N) is 2. The average Bonchev–Trinajstić information content (AvgIpc) is 2.66. The van der Waals surface area contributed by atoms with E-state index in [0.717, 1.165) is 37.2 Å². The summed E-state index contributed by atoms with van der Waals surface area (Å²) in [7, 11) is -1.75. The molecule has 2 heterocycles. The molecule has 1 aromatic heterocycles. The molecular weight excluding hydrogens is 352 g/mol. The Morgan fingerprint density at radius 2 is 2.15 bits per heavy atom. The van der Waals surface area contributed by atoms with E-state index < -0.39 is 9.84 Å². The van der Waals surface area contributed by atoms with Gasteiger partial charge in [-0.25, -0.2) is 18.4 Å². The van der Waals surface area contributed by atoms with Crippen molar-refractivity contribution in [3.05, 3.63) is 41.7 Å². The molecule has 140 valence electrons. The summed E-state index contributed by atoms with van der Waals surface area (Å²) in [5.41, 5.74) is 1.57. The average molecular weight is 376 g/mol. The molecule has 1 atom stereocenters. The van der Waals surface area contributed by atoms with Crippen molar-refractivity contribution in [3.63, 3.8) is 0 Å². The van der Waals surface area contributed by atoms with Gasteiger partial charge in [-0.1, -0.05) is 18.2 Å². The molecule has 0 amide bonds. The number of aromatic nitrogens is 2. The van der Waals surface area contributed by atoms with Crippen LogP contribution in [0.3, 0.4) is 0 Å². The predicted molar refractivity (Wildman–Crippen MR) is 100 cm³/mol. The van der Waals surface area contributed by atoms with Gasteiger partial charge in [-0.3, -0.25) is 0 Å². The lowest BCUT2D eigenvalue weighted by molar-refractivity contribution is 0.410. The molecule has 0 spiro atoms. The first-order chi connectivity index (χ1) is 12.5. The Morgan fingerprint density at radius 1 is 1.35 bits per heavy atom. The molecule has 1 fully saturated rings. The topological polar surface area (TPSA) is 93.2 Å². The molecule has 0 aliphatic carbocycles. The van der Waals surface area contributed by atoms with E-state index in [4.69, 9.17) is 4.74 Å². The number of rotatable bonds is 6. The number of sulfone groups is 1. The number of ether oxygens (including phenoxy) is 1. The van der Waals surface area contributed by atoms with Crippen LogP contribution < -0.4 is 15.4 Å². The monoisotopic (exact) mass is 376 g/mol. The number of methoxy groups -OCH3 is 1. The van der Waals surface area contributed by atoms with Crippen LogP contribution in [0.4, 0.5) is 5.95 Å². The van der Waals surface area contributed by atoms with E-state index in [1.807, 2.05) is 24.3 Å². The van der Waals surface area contributed by atoms with Crippen LogP contribution in [0.15, 0.2) is 35.4 Å². The molecule has 1 aromatic carbocycles. The number of piperidine rings is 1. The van der Waals surface area contributed by atoms with Crippen molar-refractivity contribution in [2.24, 2.45) is 0 Å². The smallest absolute Gasteiger partial charge is 0.223 e. The van der Waals surface area contributed by atoms with Gasteiger partial charge in [0.25, 0.3) is 0 Å². The maximum Gasteiger partial charge on any atom is 0.223 e. The maximum atomic E-state index is 12.1. The highest BCUT2D eigenvalue weighted by atomic mass is 32.2. The Kier molecular flexibility index (Phi) is 5.73. The summed E-state index contributed by atoms with van der Waals surface area (Å²) in [6.07, 6.45) is 4.53. The molecule has 2 aromatic rings. The minimum absolute atomic E-state index is 0.0725. The van der Waals surface area contributed by atoms with Crippen molar-refractivity contribution in [1.29, 1.82) is 0 Å². The molecule has 1 aliphatic rings. The van der Waals surface area contributed by atoms with Gasteiger partial charge in [-0.2, -0.15) is 0 Å². The second-order valence-electron chi connectivity index (χ2n) is 6.42. The first kappa shape index (κ1) is 18.6. The Morgan fingerprint density at radius 3 is 2.85 bits per heavy atom. The Hall–Kier alpha value is -2.19. The second-order valence-corrected chi connectivity index (χ2v) is 8.41. The molecule has 8 heteroatoms. The van der Waals surface area contributed by atoms with Crippen LogP contribution in [0.1, 0.15) is 30.0 Å². The lowest BCUT2D eigenvalue weighted by atomic mass is 9.96. The molecule has 2 N–H and O–H groups in total. The van der Waals surface area contributed by atoms with E-state index in [1.165, 1.54) is 12.5 Å². The molecular formula is C18H24N4O3S. The molecule has 0 radical (unpaired) electrons. The van der Waals surface area contributed by atoms with E-state index in [1.54, 1.807) is 7.11 Å². The van der Waals surface area contributed by atoms with Crippen molar-refractivity contribution >= 4 is 15.8 Å². The zero-order chi connectivity index (χ0) is 18.6. The molecule has 0 unspecified atom stereocenters. The highest BCUT2D eigenvalue weighted by Crippen LogP contribution is 2.28. The van der Waals surface area contributed by atoms with Gasteiger partial charge in [0.1, 0.15) is 10.6 Å². The maximum absolute atomic E-state index is 12.1. The predicted octanol–water partition coefficient (Wildman–Crippen LogP) is 1.97. The lowest BCUT2D eigenvalue weighted by Gasteiger charge is -2.24. The van der Waals surface area contributed by atoms with Gasteiger partial charge in [0, 0.05) is 30.8 Å². The lowest BCUT2D eigenvalue weighted by Crippen LogP contribution is -2.30. The van der Waals surface area contributed by atoms with Crippen molar-refractivity contribution in [2.75, 3.05) is 31.8 Å². The fraction of sp³-hybridized carbons (Fsp3) is 0.444. The van der Waals surface area contributed by atoms with Gasteiger partial charge in [0.15, 0.2) is 9.84 Å². The third-order valence-electron chi connectivity index (χ3n) is 4.50. The molecule has 0 saturated carbocycles. The number of hydrogen-bond donors (Lipinski definition) is 2. The van der Waals surface area contributed by atoms with E-state index in [9.17, 15) is 8.42 Å². The zero-order valence-corrected chi connectivity index (χ0v) is 15.8. The fourth-order valence-electron chi connectivity index (χ4n) is 3.16. The summed E-state index contributed by atoms with van der Waals surface area (Å²) in [5, 5.41) is 6.49. The normalized spacial score (nSPS) is 17.7. The molecule has 1 saturated heterocycles. The second kappa shape index (κ2) is 8.01. The van der Waals surface area contributed by atoms with Gasteiger partial charge in [-0.15, -0.1) is 0 Å². The highest BCUT2D eigenvalue weighted by Gasteiger charge is 2.25. The van der Waals surface area contributed by atoms with Crippen LogP contribution in [0.2, 0.25) is 0 Å². The molecule has 26 heavy (non-hydrogen) atoms. The Balaban J connectivity index is 1.86. The number of anilines is 1. The van der Waals surface area contributed by atoms with Crippen molar-refractivity contribution in [2.45, 2.75) is 30.2 Å². The van der Waals surface area contributed by atoms with Crippen LogP contribution in [-0.4, -0.2) is 44.8 Å². The standard InChI is InChI=1S/C18H24N4O3S/c1-25-15-8-4-3-6-13(15)11-20-18-21-12-16(26(2,23)24)17(22-18)14-7-5-9-19-10-14/h3-4,6,8,12,14,19H,5,7,9-11H2,1-2H3,(H,20,21,22)/t14-/m0/s1. The van der Waals surface area contributed by atoms with Gasteiger partial charge in [0.2, 0.25) is 5.95 Å². The van der Waals surface area contributed by atoms with Gasteiger partial charge >= 0.3 is 0 Å². The minimum Gasteiger partial charge on any atom is -0.496 e. The summed E-state index contributed by atoms with van der Waals surface area (Å²) in [6, 6.07) is 7.70. The molecule has 0 bridgehead atoms. The van der Waals surface area contributed by atoms with Gasteiger partial charge in [0.05, 0.1) is 19.0 Å². The van der Waals surface area contributed by atoms with Crippen LogP contribution in [0.5, 0.6) is 5.75 Å². The largest absolute Gasteiger partial charge is 0.496 e. The van der Waals surface area contributed by atoms with E-state index in [0.29, 0.717) is 18.2 Å². The summed E-state index contributed by atoms with van der Waals surface area (Å²) in [5.74, 6) is 1.27. The van der Waals surface area contributed by atoms with Crippen LogP contribution in [0, 0.1) is 0 Å². The number of para-hydroxylation sites is 1. The SMILES string of the molecule is COc1ccccc1CNc1ncc(S(C)(=O)=O)c([C@H]2CCCNC2)n1. The van der Waals surface area contributed by atoms with Gasteiger partial charge in [-0.05, 0) is 25.5 Å². The third-order valence-corrected chi connectivity index (χ3v) is 5.61. The summed E-state index contributed by atoms with van der Waals surface area (Å²) < 4.78 is 29.6. The Labute approximate surface area is 154 Å². The van der Waals surface area contributed by atoms with E-state index in [2.05, 4.69) is 20.6 Å². The summed E-state index contributed by atoms with van der Waals surface area (Å²) >= 11 is 0. The minimum atomic E-state index is -3.38. The van der Waals surface area contributed by atoms with Crippen molar-refractivity contribution in [1.82, 2.24) is 15.3 Å². The van der Waals surface area contributed by atoms with Gasteiger partial charge < -0.3 is 15.4 Å². The zero-order valence-electron chi connectivity index (χ0n) is 15.0. The van der Waals surface area contributed by atoms with E-state index in [-0.39, 0.29) is 10.8 Å².